The van der Waals surface area contributed by atoms with E-state index < -0.39 is 11.7 Å². The van der Waals surface area contributed by atoms with E-state index in [2.05, 4.69) is 10.7 Å². The fourth-order valence-electron chi connectivity index (χ4n) is 2.59. The molecule has 0 saturated carbocycles. The first-order chi connectivity index (χ1) is 10.7. The van der Waals surface area contributed by atoms with E-state index in [1.807, 2.05) is 13.8 Å². The van der Waals surface area contributed by atoms with E-state index in [0.29, 0.717) is 26.2 Å². The van der Waals surface area contributed by atoms with Crippen LogP contribution in [-0.2, 0) is 11.0 Å². The highest BCUT2D eigenvalue weighted by Crippen LogP contribution is 2.34. The molecule has 1 amide bonds. The van der Waals surface area contributed by atoms with Gasteiger partial charge in [0.05, 0.1) is 19.3 Å². The summed E-state index contributed by atoms with van der Waals surface area (Å²) in [6.07, 6.45) is -2.93. The minimum Gasteiger partial charge on any atom is -0.347 e. The first-order valence-corrected chi connectivity index (χ1v) is 7.66. The van der Waals surface area contributed by atoms with Gasteiger partial charge in [-0.1, -0.05) is 13.8 Å². The number of nitrogens with one attached hydrogen (secondary N) is 1. The molecule has 0 bridgehead atoms. The number of hydrogen-bond donors (Lipinski definition) is 1. The van der Waals surface area contributed by atoms with Gasteiger partial charge in [-0.3, -0.25) is 9.69 Å². The predicted octanol–water partition coefficient (Wildman–Crippen LogP) is 0.435. The molecule has 5 nitrogen and oxygen atoms in total. The molecule has 1 atom stereocenters. The molecule has 0 aliphatic carbocycles. The minimum absolute atomic E-state index is 0.0345. The summed E-state index contributed by atoms with van der Waals surface area (Å²) in [5, 5.41) is 0. The summed E-state index contributed by atoms with van der Waals surface area (Å²) in [5.41, 5.74) is 3.19. The van der Waals surface area contributed by atoms with Crippen molar-refractivity contribution in [1.29, 1.82) is 0 Å². The highest BCUT2D eigenvalue weighted by atomic mass is 19.4. The van der Waals surface area contributed by atoms with E-state index >= 15 is 0 Å². The third-order valence-electron chi connectivity index (χ3n) is 4.17. The third-order valence-corrected chi connectivity index (χ3v) is 4.17. The second-order valence-electron chi connectivity index (χ2n) is 6.09. The van der Waals surface area contributed by atoms with Gasteiger partial charge in [0.15, 0.2) is 6.04 Å². The van der Waals surface area contributed by atoms with Gasteiger partial charge >= 0.3 is 6.18 Å². The molecule has 23 heavy (non-hydrogen) atoms. The smallest absolute Gasteiger partial charge is 0.347 e. The largest absolute Gasteiger partial charge is 0.424 e. The second kappa shape index (κ2) is 6.74. The van der Waals surface area contributed by atoms with Crippen molar-refractivity contribution in [2.24, 2.45) is 5.92 Å². The number of aromatic nitrogens is 1. The number of alkyl halides is 3. The topological polar surface area (TPSA) is 65.3 Å². The molecule has 0 radical (unpaired) electrons. The summed E-state index contributed by atoms with van der Waals surface area (Å²) in [4.78, 5) is 18.3. The summed E-state index contributed by atoms with van der Waals surface area (Å²) >= 11 is 0. The normalized spacial score (nSPS) is 17.5. The zero-order valence-corrected chi connectivity index (χ0v) is 13.4. The number of rotatable bonds is 3. The lowest BCUT2D eigenvalue weighted by Gasteiger charge is -2.32. The van der Waals surface area contributed by atoms with Crippen LogP contribution < -0.4 is 15.6 Å². The molecule has 1 saturated heterocycles. The van der Waals surface area contributed by atoms with Crippen LogP contribution in [-0.4, -0.2) is 43.0 Å². The Balaban J connectivity index is 2.07. The molecular formula is C15H23F3N4O+2. The van der Waals surface area contributed by atoms with Gasteiger partial charge in [0.25, 0.3) is 11.7 Å². The number of aromatic amines is 1. The fourth-order valence-corrected chi connectivity index (χ4v) is 2.59. The molecular weight excluding hydrogens is 309 g/mol. The van der Waals surface area contributed by atoms with E-state index in [0.717, 1.165) is 6.07 Å². The molecule has 0 spiro atoms. The number of pyridine rings is 1. The molecule has 4 N–H and O–H groups in total. The maximum absolute atomic E-state index is 13.1. The highest BCUT2D eigenvalue weighted by molar-refractivity contribution is 5.80. The summed E-state index contributed by atoms with van der Waals surface area (Å²) in [7, 11) is 0. The Labute approximate surface area is 133 Å². The number of nitrogens with zero attached hydrogens (tertiary/aromatic N) is 2. The lowest BCUT2D eigenvalue weighted by molar-refractivity contribution is -0.416. The van der Waals surface area contributed by atoms with Crippen LogP contribution in [0, 0.1) is 5.92 Å². The van der Waals surface area contributed by atoms with Gasteiger partial charge in [0, 0.05) is 5.92 Å². The zero-order valence-electron chi connectivity index (χ0n) is 13.4. The first-order valence-electron chi connectivity index (χ1n) is 7.66. The minimum atomic E-state index is -4.41. The number of carbonyl (C=O) groups excluding carboxylic acids is 1. The predicted molar refractivity (Wildman–Crippen MR) is 78.3 cm³/mol. The summed E-state index contributed by atoms with van der Waals surface area (Å²) in [5.74, 6) is 0.162. The molecule has 1 aromatic heterocycles. The van der Waals surface area contributed by atoms with Gasteiger partial charge < -0.3 is 10.6 Å². The molecule has 1 aromatic rings. The second-order valence-corrected chi connectivity index (χ2v) is 6.09. The molecule has 1 fully saturated rings. The Bertz CT molecular complexity index is 554. The number of H-pyrrole nitrogens is 1. The van der Waals surface area contributed by atoms with Crippen molar-refractivity contribution in [2.75, 3.05) is 31.1 Å². The standard InChI is InChI=1S/C15H21F3N4O/c1-10(2)12(19)14(23)22-8-6-21(7-9-22)13-11(15(16,17)18)4-3-5-20-13/h3-5,10,12H,6-9,19H2,1-2H3/p+2/t12-/m1/s1. The molecule has 8 heteroatoms. The maximum Gasteiger partial charge on any atom is 0.424 e. The highest BCUT2D eigenvalue weighted by Gasteiger charge is 2.40. The molecule has 2 rings (SSSR count). The quantitative estimate of drug-likeness (QED) is 0.873. The molecule has 1 aliphatic heterocycles. The van der Waals surface area contributed by atoms with Crippen molar-refractivity contribution in [3.63, 3.8) is 0 Å². The Morgan fingerprint density at radius 3 is 2.39 bits per heavy atom. The van der Waals surface area contributed by atoms with Crippen molar-refractivity contribution in [3.05, 3.63) is 23.9 Å². The maximum atomic E-state index is 13.1. The van der Waals surface area contributed by atoms with Crippen molar-refractivity contribution in [2.45, 2.75) is 26.1 Å². The van der Waals surface area contributed by atoms with Crippen molar-refractivity contribution in [3.8, 4) is 0 Å². The van der Waals surface area contributed by atoms with E-state index in [-0.39, 0.29) is 23.7 Å². The van der Waals surface area contributed by atoms with E-state index in [1.54, 1.807) is 9.80 Å². The van der Waals surface area contributed by atoms with Crippen LogP contribution in [0.25, 0.3) is 0 Å². The Morgan fingerprint density at radius 1 is 1.26 bits per heavy atom. The van der Waals surface area contributed by atoms with Crippen LogP contribution in [0.2, 0.25) is 0 Å². The first kappa shape index (κ1) is 17.5. The van der Waals surface area contributed by atoms with E-state index in [9.17, 15) is 18.0 Å². The van der Waals surface area contributed by atoms with Gasteiger partial charge in [-0.25, -0.2) is 4.98 Å². The Kier molecular flexibility index (Phi) is 5.13. The van der Waals surface area contributed by atoms with Gasteiger partial charge in [0.2, 0.25) is 0 Å². The lowest BCUT2D eigenvalue weighted by atomic mass is 10.0. The number of anilines is 1. The number of quaternary nitrogens is 1. The number of piperazine rings is 1. The monoisotopic (exact) mass is 332 g/mol. The number of carbonyl (C=O) groups is 1. The van der Waals surface area contributed by atoms with Crippen LogP contribution in [0.4, 0.5) is 19.0 Å². The van der Waals surface area contributed by atoms with Gasteiger partial charge in [-0.05, 0) is 12.1 Å². The average molecular weight is 332 g/mol. The van der Waals surface area contributed by atoms with Crippen LogP contribution in [0.1, 0.15) is 19.4 Å². The van der Waals surface area contributed by atoms with Gasteiger partial charge in [0.1, 0.15) is 18.7 Å². The zero-order chi connectivity index (χ0) is 17.2. The SMILES string of the molecule is CC(C)[C@@H]([NH3+])C(=O)N1CCN(c2[nH+]cccc2C(F)(F)F)CC1. The Hall–Kier alpha value is -1.83. The van der Waals surface area contributed by atoms with Crippen molar-refractivity contribution >= 4 is 11.7 Å². The number of amides is 1. The van der Waals surface area contributed by atoms with Gasteiger partial charge in [-0.15, -0.1) is 0 Å². The fraction of sp³-hybridized carbons (Fsp3) is 0.600. The van der Waals surface area contributed by atoms with Crippen LogP contribution >= 0.6 is 0 Å². The van der Waals surface area contributed by atoms with E-state index in [1.165, 1.54) is 12.3 Å². The van der Waals surface area contributed by atoms with Crippen LogP contribution in [0.15, 0.2) is 18.3 Å². The number of hydrogen-bond acceptors (Lipinski definition) is 2. The van der Waals surface area contributed by atoms with Crippen LogP contribution in [0.5, 0.6) is 0 Å². The Morgan fingerprint density at radius 2 is 1.87 bits per heavy atom. The van der Waals surface area contributed by atoms with Crippen molar-refractivity contribution in [1.82, 2.24) is 4.90 Å². The van der Waals surface area contributed by atoms with Crippen molar-refractivity contribution < 1.29 is 28.7 Å². The molecule has 0 aromatic carbocycles. The molecule has 0 unspecified atom stereocenters. The summed E-state index contributed by atoms with van der Waals surface area (Å²) in [6, 6.07) is 2.08. The average Bonchev–Trinajstić information content (AvgIpc) is 2.52. The number of halogens is 3. The molecule has 1 aliphatic rings. The summed E-state index contributed by atoms with van der Waals surface area (Å²) in [6.45, 7) is 5.39. The van der Waals surface area contributed by atoms with Crippen LogP contribution in [0.3, 0.4) is 0 Å². The third kappa shape index (κ3) is 3.93. The lowest BCUT2D eigenvalue weighted by Crippen LogP contribution is -2.71. The molecule has 2 heterocycles. The summed E-state index contributed by atoms with van der Waals surface area (Å²) < 4.78 is 39.3. The molecule has 128 valence electrons. The van der Waals surface area contributed by atoms with Gasteiger partial charge in [-0.2, -0.15) is 13.2 Å². The van der Waals surface area contributed by atoms with E-state index in [4.69, 9.17) is 0 Å².